The van der Waals surface area contributed by atoms with Crippen molar-refractivity contribution in [3.63, 3.8) is 0 Å². The molecule has 2 fully saturated rings. The molecule has 192 valence electrons. The summed E-state index contributed by atoms with van der Waals surface area (Å²) in [7, 11) is 0. The van der Waals surface area contributed by atoms with Gasteiger partial charge in [-0.1, -0.05) is 11.6 Å². The van der Waals surface area contributed by atoms with E-state index >= 15 is 0 Å². The van der Waals surface area contributed by atoms with Crippen molar-refractivity contribution in [1.29, 1.82) is 5.26 Å². The molecule has 4 rings (SSSR count). The number of carbonyl (C=O) groups is 1. The SMILES string of the molecule is N#Cc1ccc(OC2CCN(CC3CCN(c4ccc(C(F)(F)F)cc4C(=O)O)CC3)CC2)cc1Cl. The molecular formula is C26H27ClF3N3O3. The van der Waals surface area contributed by atoms with E-state index < -0.39 is 17.7 Å². The molecule has 6 nitrogen and oxygen atoms in total. The Morgan fingerprint density at radius 1 is 1.08 bits per heavy atom. The Morgan fingerprint density at radius 2 is 1.78 bits per heavy atom. The first-order valence-electron chi connectivity index (χ1n) is 11.9. The average molecular weight is 522 g/mol. The number of alkyl halides is 3. The van der Waals surface area contributed by atoms with Crippen molar-refractivity contribution in [3.05, 3.63) is 58.1 Å². The number of nitrogens with zero attached hydrogens (tertiary/aromatic N) is 3. The zero-order chi connectivity index (χ0) is 25.9. The first-order valence-corrected chi connectivity index (χ1v) is 12.3. The number of halogens is 4. The van der Waals surface area contributed by atoms with Crippen LogP contribution in [0.4, 0.5) is 18.9 Å². The number of benzene rings is 2. The van der Waals surface area contributed by atoms with Gasteiger partial charge in [0.2, 0.25) is 0 Å². The molecule has 0 bridgehead atoms. The molecule has 10 heteroatoms. The van der Waals surface area contributed by atoms with E-state index in [0.29, 0.717) is 41.0 Å². The number of aromatic carboxylic acids is 1. The third-order valence-electron chi connectivity index (χ3n) is 6.92. The maximum absolute atomic E-state index is 13.0. The number of likely N-dealkylation sites (tertiary alicyclic amines) is 1. The highest BCUT2D eigenvalue weighted by molar-refractivity contribution is 6.31. The van der Waals surface area contributed by atoms with E-state index in [2.05, 4.69) is 4.90 Å². The van der Waals surface area contributed by atoms with E-state index in [1.807, 2.05) is 11.0 Å². The Morgan fingerprint density at radius 3 is 2.36 bits per heavy atom. The van der Waals surface area contributed by atoms with Gasteiger partial charge < -0.3 is 19.6 Å². The van der Waals surface area contributed by atoms with Gasteiger partial charge in [-0.15, -0.1) is 0 Å². The number of anilines is 1. The second kappa shape index (κ2) is 11.0. The number of nitriles is 1. The van der Waals surface area contributed by atoms with Crippen LogP contribution in [0.15, 0.2) is 36.4 Å². The molecule has 0 unspecified atom stereocenters. The lowest BCUT2D eigenvalue weighted by Gasteiger charge is -2.38. The molecule has 36 heavy (non-hydrogen) atoms. The van der Waals surface area contributed by atoms with Gasteiger partial charge in [0.15, 0.2) is 0 Å². The van der Waals surface area contributed by atoms with Crippen LogP contribution in [-0.4, -0.2) is 54.8 Å². The van der Waals surface area contributed by atoms with Gasteiger partial charge in [-0.25, -0.2) is 4.79 Å². The molecule has 1 N–H and O–H groups in total. The van der Waals surface area contributed by atoms with Crippen molar-refractivity contribution >= 4 is 23.3 Å². The Kier molecular flexibility index (Phi) is 7.96. The summed E-state index contributed by atoms with van der Waals surface area (Å²) in [6.45, 7) is 3.95. The first kappa shape index (κ1) is 26.1. The highest BCUT2D eigenvalue weighted by atomic mass is 35.5. The lowest BCUT2D eigenvalue weighted by Crippen LogP contribution is -2.43. The van der Waals surface area contributed by atoms with Gasteiger partial charge in [-0.3, -0.25) is 0 Å². The third-order valence-corrected chi connectivity index (χ3v) is 7.24. The van der Waals surface area contributed by atoms with Crippen LogP contribution < -0.4 is 9.64 Å². The lowest BCUT2D eigenvalue weighted by molar-refractivity contribution is -0.137. The quantitative estimate of drug-likeness (QED) is 0.526. The van der Waals surface area contributed by atoms with Gasteiger partial charge >= 0.3 is 12.1 Å². The zero-order valence-electron chi connectivity index (χ0n) is 19.6. The number of rotatable bonds is 6. The van der Waals surface area contributed by atoms with E-state index in [0.717, 1.165) is 57.5 Å². The molecule has 0 aliphatic carbocycles. The van der Waals surface area contributed by atoms with Crippen LogP contribution in [0.3, 0.4) is 0 Å². The Hall–Kier alpha value is -2.96. The molecule has 2 aliphatic heterocycles. The summed E-state index contributed by atoms with van der Waals surface area (Å²) in [6, 6.07) is 10.1. The standard InChI is InChI=1S/C26H27ClF3N3O3/c27-23-14-21(3-1-18(23)15-31)36-20-7-9-32(10-8-20)16-17-5-11-33(12-6-17)24-4-2-19(26(28,29)30)13-22(24)25(34)35/h1-4,13-14,17,20H,5-12,16H2,(H,34,35). The number of carboxylic acid groups (broad SMARTS) is 1. The van der Waals surface area contributed by atoms with Gasteiger partial charge in [0.25, 0.3) is 0 Å². The van der Waals surface area contributed by atoms with Gasteiger partial charge in [0.05, 0.1) is 27.4 Å². The van der Waals surface area contributed by atoms with Crippen molar-refractivity contribution < 1.29 is 27.8 Å². The van der Waals surface area contributed by atoms with Crippen LogP contribution in [0.1, 0.15) is 47.2 Å². The van der Waals surface area contributed by atoms with E-state index in [1.165, 1.54) is 6.07 Å². The number of piperidine rings is 2. The van der Waals surface area contributed by atoms with Gasteiger partial charge in [-0.05, 0) is 61.9 Å². The highest BCUT2D eigenvalue weighted by Gasteiger charge is 2.33. The summed E-state index contributed by atoms with van der Waals surface area (Å²) in [6.07, 6.45) is -1.04. The molecule has 0 radical (unpaired) electrons. The molecule has 0 atom stereocenters. The Bertz CT molecular complexity index is 1140. The first-order chi connectivity index (χ1) is 17.1. The van der Waals surface area contributed by atoms with Crippen molar-refractivity contribution in [2.75, 3.05) is 37.6 Å². The molecule has 0 saturated carbocycles. The topological polar surface area (TPSA) is 76.8 Å². The predicted molar refractivity (Wildman–Crippen MR) is 130 cm³/mol. The van der Waals surface area contributed by atoms with E-state index in [-0.39, 0.29) is 11.7 Å². The van der Waals surface area contributed by atoms with E-state index in [9.17, 15) is 23.1 Å². The maximum atomic E-state index is 13.0. The monoisotopic (exact) mass is 521 g/mol. The van der Waals surface area contributed by atoms with Crippen molar-refractivity contribution in [2.45, 2.75) is 38.0 Å². The van der Waals surface area contributed by atoms with Crippen LogP contribution >= 0.6 is 11.6 Å². The summed E-state index contributed by atoms with van der Waals surface area (Å²) < 4.78 is 45.1. The van der Waals surface area contributed by atoms with Crippen LogP contribution in [0.5, 0.6) is 5.75 Å². The number of ether oxygens (including phenoxy) is 1. The minimum Gasteiger partial charge on any atom is -0.490 e. The third kappa shape index (κ3) is 6.23. The second-order valence-corrected chi connectivity index (χ2v) is 9.74. The fourth-order valence-electron chi connectivity index (χ4n) is 4.94. The zero-order valence-corrected chi connectivity index (χ0v) is 20.4. The number of hydrogen-bond acceptors (Lipinski definition) is 5. The summed E-state index contributed by atoms with van der Waals surface area (Å²) in [5.41, 5.74) is -0.501. The fraction of sp³-hybridized carbons (Fsp3) is 0.462. The lowest BCUT2D eigenvalue weighted by atomic mass is 9.94. The van der Waals surface area contributed by atoms with Gasteiger partial charge in [-0.2, -0.15) is 18.4 Å². The molecule has 0 aromatic heterocycles. The highest BCUT2D eigenvalue weighted by Crippen LogP contribution is 2.34. The summed E-state index contributed by atoms with van der Waals surface area (Å²) in [5, 5.41) is 18.8. The molecule has 2 saturated heterocycles. The van der Waals surface area contributed by atoms with Gasteiger partial charge in [0.1, 0.15) is 17.9 Å². The molecule has 2 aromatic carbocycles. The Labute approximate surface area is 212 Å². The minimum absolute atomic E-state index is 0.0845. The number of hydrogen-bond donors (Lipinski definition) is 1. The van der Waals surface area contributed by atoms with Crippen LogP contribution in [0.25, 0.3) is 0 Å². The fourth-order valence-corrected chi connectivity index (χ4v) is 5.16. The normalized spacial score (nSPS) is 18.1. The minimum atomic E-state index is -4.58. The van der Waals surface area contributed by atoms with E-state index in [4.69, 9.17) is 21.6 Å². The van der Waals surface area contributed by atoms with Crippen LogP contribution in [-0.2, 0) is 6.18 Å². The second-order valence-electron chi connectivity index (χ2n) is 9.34. The summed E-state index contributed by atoms with van der Waals surface area (Å²) in [4.78, 5) is 15.9. The molecule has 2 aliphatic rings. The average Bonchev–Trinajstić information content (AvgIpc) is 2.85. The summed E-state index contributed by atoms with van der Waals surface area (Å²) in [5.74, 6) is -0.251. The van der Waals surface area contributed by atoms with E-state index in [1.54, 1.807) is 18.2 Å². The number of carboxylic acids is 1. The van der Waals surface area contributed by atoms with Crippen LogP contribution in [0.2, 0.25) is 5.02 Å². The molecular weight excluding hydrogens is 495 g/mol. The molecule has 0 amide bonds. The van der Waals surface area contributed by atoms with Crippen molar-refractivity contribution in [1.82, 2.24) is 4.90 Å². The largest absolute Gasteiger partial charge is 0.490 e. The van der Waals surface area contributed by atoms with Crippen LogP contribution in [0, 0.1) is 17.2 Å². The summed E-state index contributed by atoms with van der Waals surface area (Å²) >= 11 is 6.09. The molecule has 2 heterocycles. The smallest absolute Gasteiger partial charge is 0.416 e. The van der Waals surface area contributed by atoms with Crippen molar-refractivity contribution in [3.8, 4) is 11.8 Å². The predicted octanol–water partition coefficient (Wildman–Crippen LogP) is 5.69. The molecule has 2 aromatic rings. The molecule has 0 spiro atoms. The maximum Gasteiger partial charge on any atom is 0.416 e. The Balaban J connectivity index is 1.26. The van der Waals surface area contributed by atoms with Crippen molar-refractivity contribution in [2.24, 2.45) is 5.92 Å². The van der Waals surface area contributed by atoms with Gasteiger partial charge in [0, 0.05) is 38.8 Å².